The summed E-state index contributed by atoms with van der Waals surface area (Å²) in [5, 5.41) is 6.71. The van der Waals surface area contributed by atoms with E-state index in [-0.39, 0.29) is 41.9 Å². The third kappa shape index (κ3) is 6.96. The lowest BCUT2D eigenvalue weighted by Gasteiger charge is -2.20. The number of hydrogen-bond donors (Lipinski definition) is 2. The van der Waals surface area contributed by atoms with Crippen molar-refractivity contribution in [2.75, 3.05) is 24.5 Å². The lowest BCUT2D eigenvalue weighted by Crippen LogP contribution is -2.44. The van der Waals surface area contributed by atoms with E-state index >= 15 is 0 Å². The highest BCUT2D eigenvalue weighted by Crippen LogP contribution is 2.20. The van der Waals surface area contributed by atoms with Gasteiger partial charge in [-0.2, -0.15) is 0 Å². The predicted octanol–water partition coefficient (Wildman–Crippen LogP) is 3.35. The molecule has 7 nitrogen and oxygen atoms in total. The Kier molecular flexibility index (Phi) is 9.54. The van der Waals surface area contributed by atoms with E-state index in [0.29, 0.717) is 24.8 Å². The molecule has 1 atom stereocenters. The molecule has 0 radical (unpaired) electrons. The fourth-order valence-corrected chi connectivity index (χ4v) is 3.18. The zero-order valence-electron chi connectivity index (χ0n) is 17.6. The highest BCUT2D eigenvalue weighted by atomic mass is 127. The minimum Gasteiger partial charge on any atom is -0.475 e. The van der Waals surface area contributed by atoms with Crippen molar-refractivity contribution in [2.45, 2.75) is 45.9 Å². The molecule has 30 heavy (non-hydrogen) atoms. The Balaban J connectivity index is 0.00000320. The molecule has 3 rings (SSSR count). The van der Waals surface area contributed by atoms with Crippen LogP contribution in [0.2, 0.25) is 0 Å². The van der Waals surface area contributed by atoms with Crippen LogP contribution in [0.15, 0.2) is 41.7 Å². The minimum absolute atomic E-state index is 0. The van der Waals surface area contributed by atoms with Crippen molar-refractivity contribution >= 4 is 35.8 Å². The first-order valence-corrected chi connectivity index (χ1v) is 10.1. The molecular formula is C21H30FIN6O. The Morgan fingerprint density at radius 1 is 1.33 bits per heavy atom. The van der Waals surface area contributed by atoms with Crippen molar-refractivity contribution in [3.63, 3.8) is 0 Å². The van der Waals surface area contributed by atoms with Crippen molar-refractivity contribution in [2.24, 2.45) is 4.99 Å². The molecule has 0 amide bonds. The van der Waals surface area contributed by atoms with Crippen LogP contribution in [-0.4, -0.2) is 47.7 Å². The Morgan fingerprint density at radius 2 is 2.17 bits per heavy atom. The van der Waals surface area contributed by atoms with Crippen molar-refractivity contribution in [1.29, 1.82) is 0 Å². The van der Waals surface area contributed by atoms with Gasteiger partial charge in [0.2, 0.25) is 5.88 Å². The zero-order chi connectivity index (χ0) is 20.6. The third-order valence-electron chi connectivity index (χ3n) is 4.49. The minimum atomic E-state index is -0.286. The zero-order valence-corrected chi connectivity index (χ0v) is 20.0. The van der Waals surface area contributed by atoms with Crippen LogP contribution in [0.5, 0.6) is 5.88 Å². The molecule has 0 aliphatic carbocycles. The number of ether oxygens (including phenoxy) is 1. The number of aliphatic imine (C=N–C) groups is 1. The summed E-state index contributed by atoms with van der Waals surface area (Å²) < 4.78 is 19.6. The van der Waals surface area contributed by atoms with Crippen LogP contribution in [0.3, 0.4) is 0 Å². The van der Waals surface area contributed by atoms with Crippen LogP contribution in [-0.2, 0) is 6.54 Å². The van der Waals surface area contributed by atoms with Gasteiger partial charge in [-0.05, 0) is 44.9 Å². The summed E-state index contributed by atoms with van der Waals surface area (Å²) in [6.45, 7) is 8.68. The number of nitrogens with one attached hydrogen (secondary N) is 2. The first-order chi connectivity index (χ1) is 14.0. The van der Waals surface area contributed by atoms with Gasteiger partial charge in [0.1, 0.15) is 0 Å². The van der Waals surface area contributed by atoms with E-state index in [9.17, 15) is 4.39 Å². The van der Waals surface area contributed by atoms with Gasteiger partial charge < -0.3 is 20.3 Å². The number of hydrogen-bond acceptors (Lipinski definition) is 5. The fourth-order valence-electron chi connectivity index (χ4n) is 3.18. The smallest absolute Gasteiger partial charge is 0.213 e. The topological polar surface area (TPSA) is 74.7 Å². The molecule has 9 heteroatoms. The SMILES string of the molecule is CCNC(=NCc1ccc(OC(C)C)nc1)NC1CCN(c2ncccc2F)C1.I. The molecule has 1 saturated heterocycles. The van der Waals surface area contributed by atoms with E-state index < -0.39 is 0 Å². The number of aromatic nitrogens is 2. The van der Waals surface area contributed by atoms with Gasteiger partial charge in [0, 0.05) is 44.1 Å². The molecule has 1 unspecified atom stereocenters. The number of nitrogens with zero attached hydrogens (tertiary/aromatic N) is 4. The summed E-state index contributed by atoms with van der Waals surface area (Å²) in [7, 11) is 0. The Bertz CT molecular complexity index is 817. The van der Waals surface area contributed by atoms with Crippen molar-refractivity contribution < 1.29 is 9.13 Å². The molecule has 0 bridgehead atoms. The maximum atomic E-state index is 14.0. The van der Waals surface area contributed by atoms with E-state index in [0.717, 1.165) is 31.0 Å². The molecule has 2 N–H and O–H groups in total. The average Bonchev–Trinajstić information content (AvgIpc) is 3.15. The largest absolute Gasteiger partial charge is 0.475 e. The Morgan fingerprint density at radius 3 is 2.83 bits per heavy atom. The number of rotatable bonds is 7. The van der Waals surface area contributed by atoms with Crippen LogP contribution in [0.25, 0.3) is 0 Å². The number of anilines is 1. The van der Waals surface area contributed by atoms with Gasteiger partial charge in [-0.25, -0.2) is 19.4 Å². The molecule has 2 aromatic rings. The summed E-state index contributed by atoms with van der Waals surface area (Å²) in [6.07, 6.45) is 4.40. The van der Waals surface area contributed by atoms with Gasteiger partial charge in [-0.1, -0.05) is 6.07 Å². The predicted molar refractivity (Wildman–Crippen MR) is 128 cm³/mol. The molecule has 0 saturated carbocycles. The Labute approximate surface area is 194 Å². The Hall–Kier alpha value is -2.17. The molecule has 0 aromatic carbocycles. The summed E-state index contributed by atoms with van der Waals surface area (Å²) >= 11 is 0. The normalized spacial score (nSPS) is 16.4. The monoisotopic (exact) mass is 528 g/mol. The molecule has 1 aliphatic rings. The van der Waals surface area contributed by atoms with Crippen LogP contribution >= 0.6 is 24.0 Å². The summed E-state index contributed by atoms with van der Waals surface area (Å²) in [4.78, 5) is 15.1. The first-order valence-electron chi connectivity index (χ1n) is 10.1. The van der Waals surface area contributed by atoms with Crippen LogP contribution < -0.4 is 20.3 Å². The lowest BCUT2D eigenvalue weighted by atomic mass is 10.2. The third-order valence-corrected chi connectivity index (χ3v) is 4.49. The quantitative estimate of drug-likeness (QED) is 0.326. The fraction of sp³-hybridized carbons (Fsp3) is 0.476. The van der Waals surface area contributed by atoms with Gasteiger partial charge in [0.05, 0.1) is 12.6 Å². The van der Waals surface area contributed by atoms with Gasteiger partial charge in [-0.15, -0.1) is 24.0 Å². The number of halogens is 2. The van der Waals surface area contributed by atoms with E-state index in [2.05, 4.69) is 25.6 Å². The maximum Gasteiger partial charge on any atom is 0.213 e. The molecule has 1 fully saturated rings. The molecule has 2 aromatic heterocycles. The van der Waals surface area contributed by atoms with E-state index in [1.165, 1.54) is 6.07 Å². The van der Waals surface area contributed by atoms with E-state index in [4.69, 9.17) is 4.74 Å². The van der Waals surface area contributed by atoms with E-state index in [1.54, 1.807) is 18.5 Å². The lowest BCUT2D eigenvalue weighted by molar-refractivity contribution is 0.232. The molecule has 164 valence electrons. The first kappa shape index (κ1) is 24.1. The summed E-state index contributed by atoms with van der Waals surface area (Å²) in [5.74, 6) is 1.48. The second-order valence-corrected chi connectivity index (χ2v) is 7.25. The van der Waals surface area contributed by atoms with Crippen molar-refractivity contribution in [1.82, 2.24) is 20.6 Å². The summed E-state index contributed by atoms with van der Waals surface area (Å²) in [5.41, 5.74) is 1.00. The van der Waals surface area contributed by atoms with Crippen molar-refractivity contribution in [3.05, 3.63) is 48.0 Å². The van der Waals surface area contributed by atoms with Gasteiger partial charge in [0.15, 0.2) is 17.6 Å². The molecule has 3 heterocycles. The van der Waals surface area contributed by atoms with Crippen LogP contribution in [0.1, 0.15) is 32.8 Å². The average molecular weight is 528 g/mol. The highest BCUT2D eigenvalue weighted by molar-refractivity contribution is 14.0. The highest BCUT2D eigenvalue weighted by Gasteiger charge is 2.25. The molecule has 0 spiro atoms. The molecule has 1 aliphatic heterocycles. The second kappa shape index (κ2) is 11.9. The standard InChI is InChI=1S/C21H29FN6O.HI/c1-4-23-21(26-13-16-7-8-19(25-12-16)29-15(2)3)27-17-9-11-28(14-17)20-18(22)6-5-10-24-20;/h5-8,10,12,15,17H,4,9,11,13-14H2,1-3H3,(H2,23,26,27);1H. The van der Waals surface area contributed by atoms with Gasteiger partial charge >= 0.3 is 0 Å². The molecular weight excluding hydrogens is 498 g/mol. The van der Waals surface area contributed by atoms with Crippen molar-refractivity contribution in [3.8, 4) is 5.88 Å². The summed E-state index contributed by atoms with van der Waals surface area (Å²) in [6, 6.07) is 7.06. The second-order valence-electron chi connectivity index (χ2n) is 7.25. The van der Waals surface area contributed by atoms with Crippen LogP contribution in [0.4, 0.5) is 10.2 Å². The van der Waals surface area contributed by atoms with Crippen LogP contribution in [0, 0.1) is 5.82 Å². The van der Waals surface area contributed by atoms with Gasteiger partial charge in [0.25, 0.3) is 0 Å². The number of pyridine rings is 2. The van der Waals surface area contributed by atoms with Gasteiger partial charge in [-0.3, -0.25) is 0 Å². The number of guanidine groups is 1. The van der Waals surface area contributed by atoms with E-state index in [1.807, 2.05) is 37.8 Å². The maximum absolute atomic E-state index is 14.0.